The molecule has 0 saturated carbocycles. The van der Waals surface area contributed by atoms with E-state index in [1.54, 1.807) is 0 Å². The number of rotatable bonds is 5. The fourth-order valence-corrected chi connectivity index (χ4v) is 3.03. The fourth-order valence-electron chi connectivity index (χ4n) is 3.03. The van der Waals surface area contributed by atoms with Crippen molar-refractivity contribution >= 4 is 5.91 Å². The number of hydrogen-bond donors (Lipinski definition) is 0. The number of carbonyl (C=O) groups excluding carboxylic acids is 1. The maximum atomic E-state index is 12.4. The molecule has 2 aromatic rings. The summed E-state index contributed by atoms with van der Waals surface area (Å²) in [5.41, 5.74) is 1.32. The van der Waals surface area contributed by atoms with Gasteiger partial charge in [0, 0.05) is 32.2 Å². The number of carbonyl (C=O) groups is 1. The quantitative estimate of drug-likeness (QED) is 0.848. The minimum Gasteiger partial charge on any atom is -0.484 e. The third kappa shape index (κ3) is 4.36. The Morgan fingerprint density at radius 2 is 1.71 bits per heavy atom. The van der Waals surface area contributed by atoms with Crippen molar-refractivity contribution in [3.05, 3.63) is 66.2 Å². The molecule has 0 bridgehead atoms. The molecular formula is C20H24N2O2. The molecule has 0 spiro atoms. The van der Waals surface area contributed by atoms with Crippen LogP contribution >= 0.6 is 0 Å². The van der Waals surface area contributed by atoms with Crippen LogP contribution < -0.4 is 4.74 Å². The van der Waals surface area contributed by atoms with Crippen molar-refractivity contribution in [2.45, 2.75) is 19.5 Å². The molecule has 1 fully saturated rings. The van der Waals surface area contributed by atoms with Gasteiger partial charge in [0.1, 0.15) is 5.75 Å². The van der Waals surface area contributed by atoms with E-state index >= 15 is 0 Å². The molecule has 1 unspecified atom stereocenters. The lowest BCUT2D eigenvalue weighted by Gasteiger charge is -2.39. The van der Waals surface area contributed by atoms with E-state index in [-0.39, 0.29) is 12.5 Å². The summed E-state index contributed by atoms with van der Waals surface area (Å²) in [5, 5.41) is 0. The van der Waals surface area contributed by atoms with E-state index in [0.29, 0.717) is 6.04 Å². The van der Waals surface area contributed by atoms with Gasteiger partial charge in [0.2, 0.25) is 0 Å². The highest BCUT2D eigenvalue weighted by molar-refractivity contribution is 5.78. The highest BCUT2D eigenvalue weighted by Gasteiger charge is 2.26. The summed E-state index contributed by atoms with van der Waals surface area (Å²) in [6, 6.07) is 20.3. The Morgan fingerprint density at radius 1 is 1.04 bits per heavy atom. The average molecular weight is 324 g/mol. The van der Waals surface area contributed by atoms with Gasteiger partial charge in [0.05, 0.1) is 0 Å². The first-order valence-electron chi connectivity index (χ1n) is 8.46. The van der Waals surface area contributed by atoms with Crippen molar-refractivity contribution in [1.82, 2.24) is 9.80 Å². The van der Waals surface area contributed by atoms with Crippen LogP contribution in [0.4, 0.5) is 0 Å². The summed E-state index contributed by atoms with van der Waals surface area (Å²) in [6.45, 7) is 5.63. The molecule has 3 rings (SSSR count). The first-order valence-corrected chi connectivity index (χ1v) is 8.46. The van der Waals surface area contributed by atoms with Crippen molar-refractivity contribution in [3.8, 4) is 5.75 Å². The fraction of sp³-hybridized carbons (Fsp3) is 0.350. The first kappa shape index (κ1) is 16.5. The molecule has 4 nitrogen and oxygen atoms in total. The molecule has 2 aromatic carbocycles. The van der Waals surface area contributed by atoms with E-state index in [0.717, 1.165) is 31.9 Å². The lowest BCUT2D eigenvalue weighted by Crippen LogP contribution is -2.54. The van der Waals surface area contributed by atoms with Crippen LogP contribution in [0.2, 0.25) is 0 Å². The van der Waals surface area contributed by atoms with Gasteiger partial charge in [-0.1, -0.05) is 48.5 Å². The number of nitrogens with zero attached hydrogens (tertiary/aromatic N) is 2. The maximum absolute atomic E-state index is 12.4. The van der Waals surface area contributed by atoms with E-state index < -0.39 is 0 Å². The zero-order valence-corrected chi connectivity index (χ0v) is 14.1. The SMILES string of the molecule is CC1CN(C(=O)COc2ccccc2)CCN1Cc1ccccc1. The number of ether oxygens (including phenoxy) is 1. The monoisotopic (exact) mass is 324 g/mol. The number of amides is 1. The van der Waals surface area contributed by atoms with E-state index in [9.17, 15) is 4.79 Å². The standard InChI is InChI=1S/C20H24N2O2/c1-17-14-22(20(23)16-24-19-10-6-3-7-11-19)13-12-21(17)15-18-8-4-2-5-9-18/h2-11,17H,12-16H2,1H3. The molecule has 1 saturated heterocycles. The second-order valence-electron chi connectivity index (χ2n) is 6.25. The molecule has 1 aliphatic heterocycles. The summed E-state index contributed by atoms with van der Waals surface area (Å²) in [4.78, 5) is 16.7. The molecule has 1 atom stereocenters. The first-order chi connectivity index (χ1) is 11.7. The Hall–Kier alpha value is -2.33. The summed E-state index contributed by atoms with van der Waals surface area (Å²) in [7, 11) is 0. The smallest absolute Gasteiger partial charge is 0.260 e. The Balaban J connectivity index is 1.48. The largest absolute Gasteiger partial charge is 0.484 e. The lowest BCUT2D eigenvalue weighted by atomic mass is 10.1. The zero-order chi connectivity index (χ0) is 16.8. The van der Waals surface area contributed by atoms with Crippen molar-refractivity contribution < 1.29 is 9.53 Å². The molecule has 1 aliphatic rings. The topological polar surface area (TPSA) is 32.8 Å². The molecule has 4 heteroatoms. The number of hydrogen-bond acceptors (Lipinski definition) is 3. The van der Waals surface area contributed by atoms with Gasteiger partial charge in [-0.3, -0.25) is 9.69 Å². The van der Waals surface area contributed by atoms with Crippen molar-refractivity contribution in [3.63, 3.8) is 0 Å². The Labute approximate surface area is 143 Å². The van der Waals surface area contributed by atoms with Crippen LogP contribution in [0.15, 0.2) is 60.7 Å². The van der Waals surface area contributed by atoms with Gasteiger partial charge in [-0.2, -0.15) is 0 Å². The van der Waals surface area contributed by atoms with Crippen molar-refractivity contribution in [2.24, 2.45) is 0 Å². The number of piperazine rings is 1. The van der Waals surface area contributed by atoms with Crippen LogP contribution in [0.3, 0.4) is 0 Å². The van der Waals surface area contributed by atoms with E-state index in [1.165, 1.54) is 5.56 Å². The maximum Gasteiger partial charge on any atom is 0.260 e. The van der Waals surface area contributed by atoms with Crippen LogP contribution in [0.25, 0.3) is 0 Å². The predicted molar refractivity (Wildman–Crippen MR) is 94.8 cm³/mol. The summed E-state index contributed by atoms with van der Waals surface area (Å²) in [5.74, 6) is 0.798. The van der Waals surface area contributed by atoms with Gasteiger partial charge in [-0.05, 0) is 24.6 Å². The van der Waals surface area contributed by atoms with Crippen LogP contribution in [-0.4, -0.2) is 48.0 Å². The van der Waals surface area contributed by atoms with Gasteiger partial charge >= 0.3 is 0 Å². The van der Waals surface area contributed by atoms with Crippen LogP contribution in [0.1, 0.15) is 12.5 Å². The van der Waals surface area contributed by atoms with Gasteiger partial charge in [0.25, 0.3) is 5.91 Å². The highest BCUT2D eigenvalue weighted by Crippen LogP contribution is 2.15. The average Bonchev–Trinajstić information content (AvgIpc) is 2.63. The minimum absolute atomic E-state index is 0.0602. The zero-order valence-electron chi connectivity index (χ0n) is 14.1. The van der Waals surface area contributed by atoms with Crippen LogP contribution in [0.5, 0.6) is 5.75 Å². The second kappa shape index (κ2) is 7.97. The highest BCUT2D eigenvalue weighted by atomic mass is 16.5. The van der Waals surface area contributed by atoms with Gasteiger partial charge in [-0.25, -0.2) is 0 Å². The third-order valence-electron chi connectivity index (χ3n) is 4.45. The van der Waals surface area contributed by atoms with E-state index in [4.69, 9.17) is 4.74 Å². The lowest BCUT2D eigenvalue weighted by molar-refractivity contribution is -0.136. The molecule has 0 aromatic heterocycles. The molecule has 126 valence electrons. The number of para-hydroxylation sites is 1. The Bertz CT molecular complexity index is 645. The molecule has 1 heterocycles. The van der Waals surface area contributed by atoms with Crippen LogP contribution in [-0.2, 0) is 11.3 Å². The van der Waals surface area contributed by atoms with E-state index in [2.05, 4.69) is 36.1 Å². The van der Waals surface area contributed by atoms with Gasteiger partial charge in [-0.15, -0.1) is 0 Å². The molecule has 24 heavy (non-hydrogen) atoms. The van der Waals surface area contributed by atoms with E-state index in [1.807, 2.05) is 41.3 Å². The second-order valence-corrected chi connectivity index (χ2v) is 6.25. The van der Waals surface area contributed by atoms with Crippen molar-refractivity contribution in [2.75, 3.05) is 26.2 Å². The van der Waals surface area contributed by atoms with Gasteiger partial charge in [0.15, 0.2) is 6.61 Å². The summed E-state index contributed by atoms with van der Waals surface area (Å²) < 4.78 is 5.57. The molecule has 0 aliphatic carbocycles. The third-order valence-corrected chi connectivity index (χ3v) is 4.45. The summed E-state index contributed by atoms with van der Waals surface area (Å²) >= 11 is 0. The molecular weight excluding hydrogens is 300 g/mol. The minimum atomic E-state index is 0.0602. The summed E-state index contributed by atoms with van der Waals surface area (Å²) in [6.07, 6.45) is 0. The Morgan fingerprint density at radius 3 is 2.38 bits per heavy atom. The molecule has 0 radical (unpaired) electrons. The molecule has 0 N–H and O–H groups in total. The normalized spacial score (nSPS) is 18.4. The Kier molecular flexibility index (Phi) is 5.49. The predicted octanol–water partition coefficient (Wildman–Crippen LogP) is 2.80. The number of benzene rings is 2. The van der Waals surface area contributed by atoms with Gasteiger partial charge < -0.3 is 9.64 Å². The van der Waals surface area contributed by atoms with Crippen LogP contribution in [0, 0.1) is 0 Å². The van der Waals surface area contributed by atoms with Crippen molar-refractivity contribution in [1.29, 1.82) is 0 Å². The molecule has 1 amide bonds.